The third-order valence-electron chi connectivity index (χ3n) is 3.98. The van der Waals surface area contributed by atoms with E-state index >= 15 is 0 Å². The summed E-state index contributed by atoms with van der Waals surface area (Å²) < 4.78 is 0. The van der Waals surface area contributed by atoms with Crippen molar-refractivity contribution in [2.45, 2.75) is 38.6 Å². The van der Waals surface area contributed by atoms with Crippen molar-refractivity contribution < 1.29 is 0 Å². The first-order chi connectivity index (χ1) is 8.83. The summed E-state index contributed by atoms with van der Waals surface area (Å²) in [6.45, 7) is 2.81. The Bertz CT molecular complexity index is 431. The molecule has 0 atom stereocenters. The van der Waals surface area contributed by atoms with E-state index in [1.165, 1.54) is 31.2 Å². The molecule has 2 heterocycles. The molecular formula is C13H19ClN4. The van der Waals surface area contributed by atoms with Gasteiger partial charge in [-0.1, -0.05) is 19.3 Å². The molecule has 4 nitrogen and oxygen atoms in total. The largest absolute Gasteiger partial charge is 0.370 e. The van der Waals surface area contributed by atoms with Crippen LogP contribution in [0, 0.1) is 5.92 Å². The number of nitrogens with one attached hydrogen (secondary N) is 2. The SMILES string of the molecule is Clc1nc2c(c(NCCC3CCC3)n1)CNCC2. The van der Waals surface area contributed by atoms with Crippen molar-refractivity contribution in [3.8, 4) is 0 Å². The zero-order chi connectivity index (χ0) is 12.4. The average molecular weight is 267 g/mol. The fourth-order valence-electron chi connectivity index (χ4n) is 2.64. The fraction of sp³-hybridized carbons (Fsp3) is 0.692. The molecule has 0 amide bonds. The number of hydrogen-bond acceptors (Lipinski definition) is 4. The first-order valence-corrected chi connectivity index (χ1v) is 7.20. The zero-order valence-electron chi connectivity index (χ0n) is 10.5. The van der Waals surface area contributed by atoms with E-state index in [-0.39, 0.29) is 0 Å². The molecule has 1 aliphatic carbocycles. The van der Waals surface area contributed by atoms with Gasteiger partial charge in [-0.25, -0.2) is 9.97 Å². The number of nitrogens with zero attached hydrogens (tertiary/aromatic N) is 2. The summed E-state index contributed by atoms with van der Waals surface area (Å²) in [5.41, 5.74) is 2.29. The zero-order valence-corrected chi connectivity index (χ0v) is 11.3. The van der Waals surface area contributed by atoms with E-state index in [1.54, 1.807) is 0 Å². The van der Waals surface area contributed by atoms with Crippen LogP contribution in [0.1, 0.15) is 36.9 Å². The highest BCUT2D eigenvalue weighted by Crippen LogP contribution is 2.29. The van der Waals surface area contributed by atoms with Gasteiger partial charge in [0.1, 0.15) is 5.82 Å². The lowest BCUT2D eigenvalue weighted by Gasteiger charge is -2.26. The number of halogens is 1. The van der Waals surface area contributed by atoms with Crippen LogP contribution in [0.15, 0.2) is 0 Å². The molecule has 0 aromatic carbocycles. The standard InChI is InChI=1S/C13H19ClN4/c14-13-17-11-5-6-15-8-10(11)12(18-13)16-7-4-9-2-1-3-9/h9,15H,1-8H2,(H,16,17,18). The van der Waals surface area contributed by atoms with Crippen LogP contribution >= 0.6 is 11.6 Å². The van der Waals surface area contributed by atoms with E-state index in [9.17, 15) is 0 Å². The number of hydrogen-bond donors (Lipinski definition) is 2. The van der Waals surface area contributed by atoms with Crippen LogP contribution < -0.4 is 10.6 Å². The van der Waals surface area contributed by atoms with E-state index in [2.05, 4.69) is 20.6 Å². The molecule has 0 unspecified atom stereocenters. The third kappa shape index (κ3) is 2.59. The van der Waals surface area contributed by atoms with Gasteiger partial charge in [-0.05, 0) is 23.9 Å². The maximum absolute atomic E-state index is 5.98. The Labute approximate surface area is 113 Å². The van der Waals surface area contributed by atoms with E-state index in [0.717, 1.165) is 43.5 Å². The van der Waals surface area contributed by atoms with Gasteiger partial charge >= 0.3 is 0 Å². The van der Waals surface area contributed by atoms with Crippen molar-refractivity contribution in [1.82, 2.24) is 15.3 Å². The molecule has 18 heavy (non-hydrogen) atoms. The monoisotopic (exact) mass is 266 g/mol. The minimum Gasteiger partial charge on any atom is -0.370 e. The van der Waals surface area contributed by atoms with E-state index < -0.39 is 0 Å². The Hall–Kier alpha value is -0.870. The van der Waals surface area contributed by atoms with Crippen LogP contribution in [0.25, 0.3) is 0 Å². The Balaban J connectivity index is 1.67. The van der Waals surface area contributed by atoms with Gasteiger partial charge in [-0.15, -0.1) is 0 Å². The lowest BCUT2D eigenvalue weighted by molar-refractivity contribution is 0.303. The molecule has 0 bridgehead atoms. The minimum absolute atomic E-state index is 0.363. The second-order valence-corrected chi connectivity index (χ2v) is 5.54. The molecule has 0 radical (unpaired) electrons. The molecule has 98 valence electrons. The number of fused-ring (bicyclic) bond motifs is 1. The van der Waals surface area contributed by atoms with Crippen molar-refractivity contribution in [3.63, 3.8) is 0 Å². The summed E-state index contributed by atoms with van der Waals surface area (Å²) in [5, 5.41) is 7.16. The summed E-state index contributed by atoms with van der Waals surface area (Å²) >= 11 is 5.98. The van der Waals surface area contributed by atoms with Crippen molar-refractivity contribution in [1.29, 1.82) is 0 Å². The highest BCUT2D eigenvalue weighted by atomic mass is 35.5. The van der Waals surface area contributed by atoms with Crippen LogP contribution in [-0.2, 0) is 13.0 Å². The quantitative estimate of drug-likeness (QED) is 0.822. The van der Waals surface area contributed by atoms with Gasteiger partial charge in [0.2, 0.25) is 5.28 Å². The highest BCUT2D eigenvalue weighted by molar-refractivity contribution is 6.28. The Morgan fingerprint density at radius 2 is 2.22 bits per heavy atom. The smallest absolute Gasteiger partial charge is 0.224 e. The molecule has 0 saturated heterocycles. The topological polar surface area (TPSA) is 49.8 Å². The molecule has 1 saturated carbocycles. The van der Waals surface area contributed by atoms with Crippen LogP contribution in [0.3, 0.4) is 0 Å². The van der Waals surface area contributed by atoms with Crippen LogP contribution in [-0.4, -0.2) is 23.1 Å². The van der Waals surface area contributed by atoms with Gasteiger partial charge in [0.25, 0.3) is 0 Å². The van der Waals surface area contributed by atoms with Crippen LogP contribution in [0.5, 0.6) is 0 Å². The summed E-state index contributed by atoms with van der Waals surface area (Å²) in [4.78, 5) is 8.65. The van der Waals surface area contributed by atoms with Gasteiger partial charge in [0, 0.05) is 31.6 Å². The first kappa shape index (κ1) is 12.2. The number of anilines is 1. The van der Waals surface area contributed by atoms with E-state index in [1.807, 2.05) is 0 Å². The molecular weight excluding hydrogens is 248 g/mol. The van der Waals surface area contributed by atoms with Gasteiger partial charge in [0.15, 0.2) is 0 Å². The van der Waals surface area contributed by atoms with E-state index in [4.69, 9.17) is 11.6 Å². The van der Waals surface area contributed by atoms with Crippen molar-refractivity contribution in [2.75, 3.05) is 18.4 Å². The van der Waals surface area contributed by atoms with Crippen molar-refractivity contribution in [3.05, 3.63) is 16.5 Å². The second kappa shape index (κ2) is 5.41. The second-order valence-electron chi connectivity index (χ2n) is 5.21. The maximum atomic E-state index is 5.98. The molecule has 1 aromatic heterocycles. The Morgan fingerprint density at radius 1 is 1.33 bits per heavy atom. The lowest BCUT2D eigenvalue weighted by atomic mass is 9.83. The molecule has 1 fully saturated rings. The number of aromatic nitrogens is 2. The predicted molar refractivity (Wildman–Crippen MR) is 72.9 cm³/mol. The normalized spacial score (nSPS) is 19.2. The summed E-state index contributed by atoms with van der Waals surface area (Å²) in [6, 6.07) is 0. The molecule has 0 spiro atoms. The van der Waals surface area contributed by atoms with Gasteiger partial charge < -0.3 is 10.6 Å². The van der Waals surface area contributed by atoms with Gasteiger partial charge in [0.05, 0.1) is 5.69 Å². The van der Waals surface area contributed by atoms with Crippen molar-refractivity contribution in [2.24, 2.45) is 5.92 Å². The van der Waals surface area contributed by atoms with Gasteiger partial charge in [-0.2, -0.15) is 0 Å². The summed E-state index contributed by atoms with van der Waals surface area (Å²) in [5.74, 6) is 1.85. The number of rotatable bonds is 4. The summed E-state index contributed by atoms with van der Waals surface area (Å²) in [7, 11) is 0. The third-order valence-corrected chi connectivity index (χ3v) is 4.14. The highest BCUT2D eigenvalue weighted by Gasteiger charge is 2.19. The predicted octanol–water partition coefficient (Wildman–Crippen LogP) is 2.38. The molecule has 5 heteroatoms. The Morgan fingerprint density at radius 3 is 3.00 bits per heavy atom. The van der Waals surface area contributed by atoms with E-state index in [0.29, 0.717) is 5.28 Å². The van der Waals surface area contributed by atoms with Gasteiger partial charge in [-0.3, -0.25) is 0 Å². The fourth-order valence-corrected chi connectivity index (χ4v) is 2.82. The summed E-state index contributed by atoms with van der Waals surface area (Å²) in [6.07, 6.45) is 6.37. The molecule has 2 aliphatic rings. The molecule has 3 rings (SSSR count). The lowest BCUT2D eigenvalue weighted by Crippen LogP contribution is -2.27. The maximum Gasteiger partial charge on any atom is 0.224 e. The van der Waals surface area contributed by atoms with Crippen LogP contribution in [0.2, 0.25) is 5.28 Å². The average Bonchev–Trinajstić information content (AvgIpc) is 2.32. The Kier molecular flexibility index (Phi) is 3.66. The molecule has 1 aliphatic heterocycles. The molecule has 2 N–H and O–H groups in total. The van der Waals surface area contributed by atoms with Crippen LogP contribution in [0.4, 0.5) is 5.82 Å². The van der Waals surface area contributed by atoms with Crippen molar-refractivity contribution >= 4 is 17.4 Å². The first-order valence-electron chi connectivity index (χ1n) is 6.83. The molecule has 1 aromatic rings. The minimum atomic E-state index is 0.363.